The number of hydrogen-bond donors (Lipinski definition) is 0. The highest BCUT2D eigenvalue weighted by Crippen LogP contribution is 2.47. The van der Waals surface area contributed by atoms with Crippen LogP contribution in [0, 0.1) is 0 Å². The van der Waals surface area contributed by atoms with Gasteiger partial charge in [-0.15, -0.1) is 0 Å². The summed E-state index contributed by atoms with van der Waals surface area (Å²) in [5.41, 5.74) is 18.0. The van der Waals surface area contributed by atoms with Crippen molar-refractivity contribution in [2.45, 2.75) is 12.8 Å². The van der Waals surface area contributed by atoms with Crippen molar-refractivity contribution in [1.29, 1.82) is 0 Å². The molecule has 4 aromatic heterocycles. The minimum Gasteiger partial charge on any atom is -0.456 e. The number of hydrogen-bond acceptors (Lipinski definition) is 5. The number of aromatic nitrogens is 4. The molecule has 14 aromatic rings. The highest BCUT2D eigenvalue weighted by Gasteiger charge is 2.26. The SMILES string of the molecule is C1=CC(c2nc(-c3ccccc3)nc(-c3cc(-c4ccc(-c5ccccc5)cc4)c(-n4c5ccccc5c5c6oc7cc8c(cc7c6ccc54)oc4ccccc48)c(-c4ccc(-c5ccccc5)cc4)c3)n2)=CCC1. The normalized spacial score (nSPS) is 12.7. The van der Waals surface area contributed by atoms with Gasteiger partial charge < -0.3 is 13.4 Å². The van der Waals surface area contributed by atoms with Crippen LogP contribution < -0.4 is 0 Å². The van der Waals surface area contributed by atoms with Crippen molar-refractivity contribution >= 4 is 71.3 Å². The Kier molecular flexibility index (Phi) is 9.91. The summed E-state index contributed by atoms with van der Waals surface area (Å²) >= 11 is 0. The molecule has 0 amide bonds. The lowest BCUT2D eigenvalue weighted by Crippen LogP contribution is -2.05. The van der Waals surface area contributed by atoms with E-state index in [1.165, 1.54) is 0 Å². The average molecular weight is 961 g/mol. The van der Waals surface area contributed by atoms with Crippen molar-refractivity contribution in [3.8, 4) is 73.0 Å². The minimum atomic E-state index is 0.597. The summed E-state index contributed by atoms with van der Waals surface area (Å²) in [7, 11) is 0. The van der Waals surface area contributed by atoms with Crippen LogP contribution in [0.5, 0.6) is 0 Å². The van der Waals surface area contributed by atoms with Crippen LogP contribution in [0.2, 0.25) is 0 Å². The van der Waals surface area contributed by atoms with Gasteiger partial charge in [-0.25, -0.2) is 15.0 Å². The third-order valence-electron chi connectivity index (χ3n) is 14.9. The van der Waals surface area contributed by atoms with Gasteiger partial charge in [-0.3, -0.25) is 0 Å². The van der Waals surface area contributed by atoms with E-state index in [4.69, 9.17) is 23.8 Å². The fourth-order valence-corrected chi connectivity index (χ4v) is 11.3. The van der Waals surface area contributed by atoms with Gasteiger partial charge in [0, 0.05) is 54.8 Å². The summed E-state index contributed by atoms with van der Waals surface area (Å²) in [4.78, 5) is 15.8. The molecule has 0 atom stereocenters. The van der Waals surface area contributed by atoms with Crippen molar-refractivity contribution in [2.75, 3.05) is 0 Å². The number of para-hydroxylation sites is 2. The van der Waals surface area contributed by atoms with E-state index in [0.717, 1.165) is 145 Å². The number of fused-ring (bicyclic) bond motifs is 10. The van der Waals surface area contributed by atoms with E-state index in [2.05, 4.69) is 217 Å². The Morgan fingerprint density at radius 3 is 1.51 bits per heavy atom. The second-order valence-corrected chi connectivity index (χ2v) is 19.4. The summed E-state index contributed by atoms with van der Waals surface area (Å²) < 4.78 is 16.0. The quantitative estimate of drug-likeness (QED) is 0.152. The number of allylic oxidation sites excluding steroid dienone is 4. The zero-order chi connectivity index (χ0) is 49.4. The molecule has 4 heterocycles. The molecule has 1 aliphatic carbocycles. The Morgan fingerprint density at radius 1 is 0.347 bits per heavy atom. The molecule has 75 heavy (non-hydrogen) atoms. The number of nitrogens with zero attached hydrogens (tertiary/aromatic N) is 4. The van der Waals surface area contributed by atoms with Gasteiger partial charge in [0.15, 0.2) is 17.5 Å². The van der Waals surface area contributed by atoms with Gasteiger partial charge in [-0.05, 0) is 94.8 Å². The van der Waals surface area contributed by atoms with Crippen molar-refractivity contribution in [3.05, 3.63) is 249 Å². The highest BCUT2D eigenvalue weighted by molar-refractivity contribution is 6.25. The van der Waals surface area contributed by atoms with Gasteiger partial charge in [0.05, 0.1) is 22.1 Å². The first-order valence-electron chi connectivity index (χ1n) is 25.6. The van der Waals surface area contributed by atoms with Gasteiger partial charge in [0.2, 0.25) is 0 Å². The largest absolute Gasteiger partial charge is 0.456 e. The standard InChI is InChI=1S/C69H44N4O2/c1-5-17-43(18-6-1)45-29-33-47(34-30-45)55-39-51(69-71-67(49-21-9-3-10-22-49)70-68(72-69)50-23-11-4-12-24-50)40-56(48-35-31-46(32-36-48)44-19-7-2-8-20-44)65(55)73-59-27-15-13-26-54(59)64-60(73)38-37-53-58-42-62-57(41-63(58)75-66(53)64)52-25-14-16-28-61(52)74-62/h1-3,5-11,13-42H,4,12H2. The van der Waals surface area contributed by atoms with Gasteiger partial charge in [-0.2, -0.15) is 0 Å². The first kappa shape index (κ1) is 42.7. The fraction of sp³-hybridized carbons (Fsp3) is 0.0290. The molecule has 10 aromatic carbocycles. The monoisotopic (exact) mass is 960 g/mol. The molecule has 0 saturated heterocycles. The lowest BCUT2D eigenvalue weighted by atomic mass is 9.91. The maximum atomic E-state index is 7.09. The molecule has 0 spiro atoms. The second kappa shape index (κ2) is 17.4. The molecule has 6 heteroatoms. The van der Waals surface area contributed by atoms with E-state index in [9.17, 15) is 0 Å². The van der Waals surface area contributed by atoms with E-state index < -0.39 is 0 Å². The lowest BCUT2D eigenvalue weighted by Gasteiger charge is -2.21. The minimum absolute atomic E-state index is 0.597. The van der Waals surface area contributed by atoms with E-state index in [-0.39, 0.29) is 0 Å². The third kappa shape index (κ3) is 7.21. The number of benzene rings is 10. The Labute approximate surface area is 431 Å². The van der Waals surface area contributed by atoms with E-state index in [0.29, 0.717) is 17.5 Å². The average Bonchev–Trinajstić information content (AvgIpc) is 4.17. The molecule has 0 saturated carbocycles. The summed E-state index contributed by atoms with van der Waals surface area (Å²) in [5, 5.41) is 6.30. The zero-order valence-corrected chi connectivity index (χ0v) is 40.6. The molecule has 0 N–H and O–H groups in total. The number of rotatable bonds is 8. The Morgan fingerprint density at radius 2 is 0.867 bits per heavy atom. The Bertz CT molecular complexity index is 4500. The topological polar surface area (TPSA) is 69.9 Å². The van der Waals surface area contributed by atoms with Crippen LogP contribution in [0.15, 0.2) is 252 Å². The Balaban J connectivity index is 1.04. The van der Waals surface area contributed by atoms with Crippen LogP contribution in [-0.4, -0.2) is 19.5 Å². The molecule has 352 valence electrons. The Hall–Kier alpha value is -9.91. The first-order valence-corrected chi connectivity index (χ1v) is 25.6. The highest BCUT2D eigenvalue weighted by atomic mass is 16.3. The second-order valence-electron chi connectivity index (χ2n) is 19.4. The molecular weight excluding hydrogens is 917 g/mol. The summed E-state index contributed by atoms with van der Waals surface area (Å²) in [5.74, 6) is 1.87. The zero-order valence-electron chi connectivity index (χ0n) is 40.6. The van der Waals surface area contributed by atoms with Gasteiger partial charge >= 0.3 is 0 Å². The van der Waals surface area contributed by atoms with Crippen LogP contribution in [0.1, 0.15) is 18.7 Å². The predicted molar refractivity (Wildman–Crippen MR) is 308 cm³/mol. The number of furan rings is 2. The van der Waals surface area contributed by atoms with Crippen LogP contribution in [0.4, 0.5) is 0 Å². The summed E-state index contributed by atoms with van der Waals surface area (Å²) in [6.07, 6.45) is 8.50. The maximum absolute atomic E-state index is 7.09. The lowest BCUT2D eigenvalue weighted by molar-refractivity contribution is 0.665. The molecule has 1 aliphatic rings. The van der Waals surface area contributed by atoms with E-state index >= 15 is 0 Å². The molecule has 0 aliphatic heterocycles. The molecular formula is C69H44N4O2. The van der Waals surface area contributed by atoms with Crippen LogP contribution in [-0.2, 0) is 0 Å². The molecule has 0 unspecified atom stereocenters. The van der Waals surface area contributed by atoms with Crippen molar-refractivity contribution in [2.24, 2.45) is 0 Å². The molecule has 0 fully saturated rings. The maximum Gasteiger partial charge on any atom is 0.164 e. The van der Waals surface area contributed by atoms with Gasteiger partial charge in [0.1, 0.15) is 22.3 Å². The molecule has 15 rings (SSSR count). The first-order chi connectivity index (χ1) is 37.2. The molecule has 6 nitrogen and oxygen atoms in total. The summed E-state index contributed by atoms with van der Waals surface area (Å²) in [6, 6.07) is 79.6. The van der Waals surface area contributed by atoms with Crippen molar-refractivity contribution < 1.29 is 8.83 Å². The molecule has 0 bridgehead atoms. The fourth-order valence-electron chi connectivity index (χ4n) is 11.3. The third-order valence-corrected chi connectivity index (χ3v) is 14.9. The van der Waals surface area contributed by atoms with Crippen molar-refractivity contribution in [1.82, 2.24) is 19.5 Å². The predicted octanol–water partition coefficient (Wildman–Crippen LogP) is 18.5. The summed E-state index contributed by atoms with van der Waals surface area (Å²) in [6.45, 7) is 0. The van der Waals surface area contributed by atoms with Crippen LogP contribution >= 0.6 is 0 Å². The van der Waals surface area contributed by atoms with E-state index in [1.807, 2.05) is 30.3 Å². The smallest absolute Gasteiger partial charge is 0.164 e. The van der Waals surface area contributed by atoms with E-state index in [1.54, 1.807) is 0 Å². The van der Waals surface area contributed by atoms with Crippen LogP contribution in [0.25, 0.3) is 144 Å². The van der Waals surface area contributed by atoms with Crippen molar-refractivity contribution in [3.63, 3.8) is 0 Å². The molecule has 0 radical (unpaired) electrons. The van der Waals surface area contributed by atoms with Gasteiger partial charge in [0.25, 0.3) is 0 Å². The van der Waals surface area contributed by atoms with Gasteiger partial charge in [-0.1, -0.05) is 194 Å². The van der Waals surface area contributed by atoms with Crippen LogP contribution in [0.3, 0.4) is 0 Å².